The minimum Gasteiger partial charge on any atom is -0.404 e. The summed E-state index contributed by atoms with van der Waals surface area (Å²) in [6, 6.07) is 16.3. The Balaban J connectivity index is 0.00000196. The highest BCUT2D eigenvalue weighted by Gasteiger charge is 2.15. The Kier molecular flexibility index (Phi) is 3.57. The lowest BCUT2D eigenvalue weighted by Crippen LogP contribution is -2.05. The van der Waals surface area contributed by atoms with Crippen LogP contribution in [0.3, 0.4) is 0 Å². The minimum atomic E-state index is 0. The van der Waals surface area contributed by atoms with Gasteiger partial charge in [0.25, 0.3) is 0 Å². The maximum absolute atomic E-state index is 7.70. The molecule has 0 atom stereocenters. The van der Waals surface area contributed by atoms with Crippen molar-refractivity contribution >= 4 is 28.5 Å². The molecule has 0 spiro atoms. The SMILES string of the molecule is Cc1nnc2ccc3c(cc(/C(C=N)=C/N)n3Cc3ccccc3)n12.[HH]. The van der Waals surface area contributed by atoms with Crippen molar-refractivity contribution in [1.29, 1.82) is 5.41 Å². The van der Waals surface area contributed by atoms with E-state index in [4.69, 9.17) is 11.1 Å². The monoisotopic (exact) mass is 332 g/mol. The smallest absolute Gasteiger partial charge is 0.161 e. The van der Waals surface area contributed by atoms with E-state index in [0.29, 0.717) is 12.1 Å². The van der Waals surface area contributed by atoms with Crippen molar-refractivity contribution in [2.75, 3.05) is 0 Å². The lowest BCUT2D eigenvalue weighted by atomic mass is 10.2. The van der Waals surface area contributed by atoms with Crippen LogP contribution >= 0.6 is 0 Å². The number of nitrogens with zero attached hydrogens (tertiary/aromatic N) is 4. The fourth-order valence-electron chi connectivity index (χ4n) is 3.22. The number of aromatic nitrogens is 4. The lowest BCUT2D eigenvalue weighted by molar-refractivity contribution is 0.825. The fourth-order valence-corrected chi connectivity index (χ4v) is 3.22. The first kappa shape index (κ1) is 15.1. The summed E-state index contributed by atoms with van der Waals surface area (Å²) in [6.45, 7) is 2.63. The van der Waals surface area contributed by atoms with Crippen LogP contribution < -0.4 is 5.73 Å². The first-order chi connectivity index (χ1) is 12.2. The van der Waals surface area contributed by atoms with Crippen LogP contribution in [-0.4, -0.2) is 25.4 Å². The molecule has 0 aliphatic carbocycles. The molecule has 3 aromatic heterocycles. The van der Waals surface area contributed by atoms with Crippen molar-refractivity contribution in [2.24, 2.45) is 5.73 Å². The molecule has 0 unspecified atom stereocenters. The lowest BCUT2D eigenvalue weighted by Gasteiger charge is -2.11. The van der Waals surface area contributed by atoms with Crippen LogP contribution in [0.5, 0.6) is 0 Å². The fraction of sp³-hybridized carbons (Fsp3) is 0.105. The average molecular weight is 332 g/mol. The van der Waals surface area contributed by atoms with Gasteiger partial charge in [0.2, 0.25) is 0 Å². The zero-order valence-electron chi connectivity index (χ0n) is 13.8. The molecule has 0 saturated heterocycles. The number of fused-ring (bicyclic) bond motifs is 3. The third-order valence-corrected chi connectivity index (χ3v) is 4.41. The molecule has 1 aromatic carbocycles. The highest BCUT2D eigenvalue weighted by atomic mass is 15.2. The molecule has 0 saturated carbocycles. The van der Waals surface area contributed by atoms with E-state index < -0.39 is 0 Å². The summed E-state index contributed by atoms with van der Waals surface area (Å²) >= 11 is 0. The number of pyridine rings is 1. The van der Waals surface area contributed by atoms with Crippen molar-refractivity contribution in [3.8, 4) is 0 Å². The molecule has 3 heterocycles. The molecule has 6 nitrogen and oxygen atoms in total. The summed E-state index contributed by atoms with van der Waals surface area (Å²) in [5, 5.41) is 16.1. The first-order valence-electron chi connectivity index (χ1n) is 8.03. The van der Waals surface area contributed by atoms with E-state index in [0.717, 1.165) is 28.2 Å². The van der Waals surface area contributed by atoms with E-state index >= 15 is 0 Å². The topological polar surface area (TPSA) is 85.0 Å². The highest BCUT2D eigenvalue weighted by Crippen LogP contribution is 2.27. The Hall–Kier alpha value is -3.41. The molecule has 25 heavy (non-hydrogen) atoms. The quantitative estimate of drug-likeness (QED) is 0.563. The van der Waals surface area contributed by atoms with Gasteiger partial charge in [0.05, 0.1) is 16.7 Å². The van der Waals surface area contributed by atoms with Gasteiger partial charge in [-0.2, -0.15) is 0 Å². The van der Waals surface area contributed by atoms with Crippen molar-refractivity contribution in [1.82, 2.24) is 19.2 Å². The summed E-state index contributed by atoms with van der Waals surface area (Å²) in [5.41, 5.74) is 11.4. The molecule has 126 valence electrons. The maximum atomic E-state index is 7.70. The van der Waals surface area contributed by atoms with Gasteiger partial charge in [0.1, 0.15) is 5.82 Å². The molecule has 0 fully saturated rings. The molecule has 3 N–H and O–H groups in total. The Morgan fingerprint density at radius 2 is 1.96 bits per heavy atom. The Morgan fingerprint density at radius 3 is 2.68 bits per heavy atom. The van der Waals surface area contributed by atoms with E-state index in [1.807, 2.05) is 47.7 Å². The molecular formula is C19H20N6. The standard InChI is InChI=1S/C19H18N6.H2/c1-13-22-23-19-8-7-16-18(25(13)19)9-17(15(10-20)11-21)24(16)12-14-5-3-2-4-6-14;/h2-11,20H,12,21H2,1H3;1H/b15-11+,20-10?;. The number of nitrogens with one attached hydrogen (secondary N) is 1. The number of allylic oxidation sites excluding steroid dienone is 1. The molecule has 4 aromatic rings. The van der Waals surface area contributed by atoms with Crippen LogP contribution in [0, 0.1) is 12.3 Å². The summed E-state index contributed by atoms with van der Waals surface area (Å²) in [4.78, 5) is 0. The zero-order valence-corrected chi connectivity index (χ0v) is 13.8. The maximum Gasteiger partial charge on any atom is 0.161 e. The largest absolute Gasteiger partial charge is 0.404 e. The van der Waals surface area contributed by atoms with E-state index in [1.165, 1.54) is 18.0 Å². The van der Waals surface area contributed by atoms with Gasteiger partial charge in [-0.3, -0.25) is 4.40 Å². The second kappa shape index (κ2) is 5.90. The number of hydrogen-bond donors (Lipinski definition) is 2. The third kappa shape index (κ3) is 2.39. The van der Waals surface area contributed by atoms with E-state index in [1.54, 1.807) is 0 Å². The van der Waals surface area contributed by atoms with Gasteiger partial charge in [-0.1, -0.05) is 30.3 Å². The Bertz CT molecular complexity index is 1110. The second-order valence-electron chi connectivity index (χ2n) is 5.91. The van der Waals surface area contributed by atoms with E-state index in [2.05, 4.69) is 26.9 Å². The van der Waals surface area contributed by atoms with Crippen LogP contribution in [0.2, 0.25) is 0 Å². The third-order valence-electron chi connectivity index (χ3n) is 4.41. The number of benzene rings is 1. The molecule has 0 aliphatic heterocycles. The van der Waals surface area contributed by atoms with Crippen LogP contribution in [0.4, 0.5) is 0 Å². The summed E-state index contributed by atoms with van der Waals surface area (Å²) in [5.74, 6) is 0.831. The number of nitrogens with two attached hydrogens (primary N) is 1. The van der Waals surface area contributed by atoms with Gasteiger partial charge >= 0.3 is 0 Å². The molecular weight excluding hydrogens is 312 g/mol. The van der Waals surface area contributed by atoms with Gasteiger partial charge in [0, 0.05) is 26.0 Å². The van der Waals surface area contributed by atoms with Crippen LogP contribution in [0.15, 0.2) is 54.7 Å². The normalized spacial score (nSPS) is 12.1. The first-order valence-corrected chi connectivity index (χ1v) is 8.03. The van der Waals surface area contributed by atoms with Crippen molar-refractivity contribution in [3.05, 3.63) is 71.8 Å². The molecule has 6 heteroatoms. The van der Waals surface area contributed by atoms with Crippen LogP contribution in [-0.2, 0) is 6.54 Å². The van der Waals surface area contributed by atoms with E-state index in [-0.39, 0.29) is 1.43 Å². The number of aryl methyl sites for hydroxylation is 1. The van der Waals surface area contributed by atoms with Gasteiger partial charge in [-0.25, -0.2) is 0 Å². The molecule has 0 aliphatic rings. The predicted molar refractivity (Wildman–Crippen MR) is 102 cm³/mol. The molecule has 0 radical (unpaired) electrons. The van der Waals surface area contributed by atoms with Crippen molar-refractivity contribution in [3.63, 3.8) is 0 Å². The van der Waals surface area contributed by atoms with Gasteiger partial charge in [0.15, 0.2) is 5.65 Å². The summed E-state index contributed by atoms with van der Waals surface area (Å²) < 4.78 is 4.20. The van der Waals surface area contributed by atoms with Crippen molar-refractivity contribution in [2.45, 2.75) is 13.5 Å². The number of rotatable bonds is 4. The highest BCUT2D eigenvalue weighted by molar-refractivity contribution is 6.09. The summed E-state index contributed by atoms with van der Waals surface area (Å²) in [6.07, 6.45) is 2.75. The van der Waals surface area contributed by atoms with Crippen LogP contribution in [0.25, 0.3) is 22.3 Å². The zero-order chi connectivity index (χ0) is 17.4. The van der Waals surface area contributed by atoms with Gasteiger partial charge in [-0.05, 0) is 30.7 Å². The number of hydrogen-bond acceptors (Lipinski definition) is 4. The van der Waals surface area contributed by atoms with Crippen molar-refractivity contribution < 1.29 is 1.43 Å². The molecule has 0 amide bonds. The Morgan fingerprint density at radius 1 is 1.16 bits per heavy atom. The van der Waals surface area contributed by atoms with E-state index in [9.17, 15) is 0 Å². The predicted octanol–water partition coefficient (Wildman–Crippen LogP) is 3.24. The van der Waals surface area contributed by atoms with Gasteiger partial charge in [-0.15, -0.1) is 10.2 Å². The molecule has 0 bridgehead atoms. The van der Waals surface area contributed by atoms with Crippen LogP contribution in [0.1, 0.15) is 18.5 Å². The van der Waals surface area contributed by atoms with Gasteiger partial charge < -0.3 is 15.7 Å². The molecule has 4 rings (SSSR count). The summed E-state index contributed by atoms with van der Waals surface area (Å²) in [7, 11) is 0. The average Bonchev–Trinajstić information content (AvgIpc) is 3.19. The Labute approximate surface area is 146 Å². The second-order valence-corrected chi connectivity index (χ2v) is 5.91. The minimum absolute atomic E-state index is 0.